The lowest BCUT2D eigenvalue weighted by atomic mass is 10.1. The molecule has 174 valence electrons. The Morgan fingerprint density at radius 1 is 1.03 bits per heavy atom. The van der Waals surface area contributed by atoms with Crippen LogP contribution < -0.4 is 10.1 Å². The molecule has 0 aliphatic heterocycles. The molecule has 6 nitrogen and oxygen atoms in total. The third kappa shape index (κ3) is 5.06. The number of ether oxygens (including phenoxy) is 1. The predicted octanol–water partition coefficient (Wildman–Crippen LogP) is 5.74. The summed E-state index contributed by atoms with van der Waals surface area (Å²) in [4.78, 5) is 16.8. The number of nitrogens with one attached hydrogen (secondary N) is 1. The van der Waals surface area contributed by atoms with Crippen molar-refractivity contribution >= 4 is 11.6 Å². The zero-order valence-electron chi connectivity index (χ0n) is 17.8. The number of hydrogen-bond acceptors (Lipinski definition) is 4. The summed E-state index contributed by atoms with van der Waals surface area (Å²) >= 11 is 0. The van der Waals surface area contributed by atoms with E-state index in [1.54, 1.807) is 43.3 Å². The van der Waals surface area contributed by atoms with E-state index in [1.165, 1.54) is 28.9 Å². The van der Waals surface area contributed by atoms with E-state index < -0.39 is 23.5 Å². The minimum atomic E-state index is -4.55. The lowest BCUT2D eigenvalue weighted by Gasteiger charge is -2.10. The molecule has 0 aliphatic rings. The Bertz CT molecular complexity index is 1320. The van der Waals surface area contributed by atoms with Crippen LogP contribution in [0.3, 0.4) is 0 Å². The number of alkyl halides is 3. The van der Waals surface area contributed by atoms with Gasteiger partial charge in [0.2, 0.25) is 0 Å². The van der Waals surface area contributed by atoms with Crippen LogP contribution in [0.15, 0.2) is 72.8 Å². The van der Waals surface area contributed by atoms with Crippen LogP contribution in [0.1, 0.15) is 22.8 Å². The zero-order chi connectivity index (χ0) is 24.3. The van der Waals surface area contributed by atoms with Crippen LogP contribution in [0.4, 0.5) is 23.2 Å². The maximum atomic E-state index is 13.8. The average molecular weight is 470 g/mol. The van der Waals surface area contributed by atoms with Crippen LogP contribution in [0, 0.1) is 5.82 Å². The van der Waals surface area contributed by atoms with E-state index in [4.69, 9.17) is 4.74 Å². The van der Waals surface area contributed by atoms with E-state index in [9.17, 15) is 22.4 Å². The molecule has 0 spiro atoms. The minimum absolute atomic E-state index is 0.115. The number of nitrogens with zero attached hydrogens (tertiary/aromatic N) is 3. The first-order chi connectivity index (χ1) is 16.2. The second-order valence-corrected chi connectivity index (χ2v) is 7.15. The largest absolute Gasteiger partial charge is 0.463 e. The number of aromatic nitrogens is 3. The second kappa shape index (κ2) is 9.34. The van der Waals surface area contributed by atoms with Gasteiger partial charge in [0.15, 0.2) is 5.82 Å². The van der Waals surface area contributed by atoms with Gasteiger partial charge in [-0.1, -0.05) is 18.2 Å². The van der Waals surface area contributed by atoms with E-state index in [1.807, 2.05) is 0 Å². The van der Waals surface area contributed by atoms with Crippen molar-refractivity contribution in [3.8, 4) is 23.1 Å². The van der Waals surface area contributed by atoms with Gasteiger partial charge in [-0.25, -0.2) is 9.07 Å². The van der Waals surface area contributed by atoms with Crippen molar-refractivity contribution in [3.63, 3.8) is 0 Å². The fourth-order valence-electron chi connectivity index (χ4n) is 3.20. The van der Waals surface area contributed by atoms with Gasteiger partial charge in [-0.15, -0.1) is 5.10 Å². The smallest absolute Gasteiger partial charge is 0.416 e. The van der Waals surface area contributed by atoms with Gasteiger partial charge in [-0.3, -0.25) is 4.79 Å². The van der Waals surface area contributed by atoms with Crippen LogP contribution in [0.5, 0.6) is 6.01 Å². The van der Waals surface area contributed by atoms with Gasteiger partial charge in [0.1, 0.15) is 5.82 Å². The highest BCUT2D eigenvalue weighted by Gasteiger charge is 2.30. The number of benzene rings is 3. The highest BCUT2D eigenvalue weighted by Crippen LogP contribution is 2.30. The first-order valence-corrected chi connectivity index (χ1v) is 10.2. The van der Waals surface area contributed by atoms with Gasteiger partial charge in [-0.2, -0.15) is 18.2 Å². The Balaban J connectivity index is 1.59. The molecular weight excluding hydrogens is 452 g/mol. The molecule has 0 unspecified atom stereocenters. The van der Waals surface area contributed by atoms with E-state index in [-0.39, 0.29) is 11.6 Å². The monoisotopic (exact) mass is 470 g/mol. The summed E-state index contributed by atoms with van der Waals surface area (Å²) < 4.78 is 59.4. The molecule has 4 rings (SSSR count). The van der Waals surface area contributed by atoms with Gasteiger partial charge in [0.05, 0.1) is 17.9 Å². The molecule has 0 bridgehead atoms. The van der Waals surface area contributed by atoms with Gasteiger partial charge in [-0.05, 0) is 61.5 Å². The standard InChI is InChI=1S/C24H18F4N4O2/c1-2-34-23-30-21(15-5-4-8-18(25)14-15)32(31-23)20-11-9-19(10-12-20)29-22(33)16-6-3-7-17(13-16)24(26,27)28/h3-14H,2H2,1H3,(H,29,33). The quantitative estimate of drug-likeness (QED) is 0.365. The van der Waals surface area contributed by atoms with Crippen molar-refractivity contribution in [3.05, 3.63) is 89.7 Å². The molecule has 10 heteroatoms. The molecule has 0 saturated carbocycles. The Morgan fingerprint density at radius 3 is 2.44 bits per heavy atom. The summed E-state index contributed by atoms with van der Waals surface area (Å²) in [6.45, 7) is 2.12. The van der Waals surface area contributed by atoms with E-state index in [0.717, 1.165) is 12.1 Å². The second-order valence-electron chi connectivity index (χ2n) is 7.15. The van der Waals surface area contributed by atoms with Gasteiger partial charge >= 0.3 is 12.2 Å². The molecule has 1 amide bonds. The molecule has 0 saturated heterocycles. The summed E-state index contributed by atoms with van der Waals surface area (Å²) in [5, 5.41) is 6.88. The Hall–Kier alpha value is -4.21. The maximum Gasteiger partial charge on any atom is 0.416 e. The molecule has 3 aromatic carbocycles. The fourth-order valence-corrected chi connectivity index (χ4v) is 3.20. The third-order valence-electron chi connectivity index (χ3n) is 4.77. The molecule has 1 aromatic heterocycles. The average Bonchev–Trinajstić information content (AvgIpc) is 3.23. The highest BCUT2D eigenvalue weighted by atomic mass is 19.4. The molecule has 4 aromatic rings. The molecule has 0 fully saturated rings. The lowest BCUT2D eigenvalue weighted by Crippen LogP contribution is -2.14. The van der Waals surface area contributed by atoms with Crippen LogP contribution in [-0.2, 0) is 6.18 Å². The first kappa shape index (κ1) is 23.0. The predicted molar refractivity (Wildman–Crippen MR) is 117 cm³/mol. The first-order valence-electron chi connectivity index (χ1n) is 10.2. The molecule has 1 heterocycles. The van der Waals surface area contributed by atoms with Crippen LogP contribution >= 0.6 is 0 Å². The normalized spacial score (nSPS) is 11.3. The van der Waals surface area contributed by atoms with Gasteiger partial charge in [0, 0.05) is 16.8 Å². The number of rotatable bonds is 6. The molecule has 34 heavy (non-hydrogen) atoms. The van der Waals surface area contributed by atoms with Gasteiger partial charge in [0.25, 0.3) is 5.91 Å². The van der Waals surface area contributed by atoms with E-state index in [2.05, 4.69) is 15.4 Å². The Morgan fingerprint density at radius 2 is 1.76 bits per heavy atom. The van der Waals surface area contributed by atoms with Crippen molar-refractivity contribution < 1.29 is 27.1 Å². The minimum Gasteiger partial charge on any atom is -0.463 e. The number of anilines is 1. The van der Waals surface area contributed by atoms with Crippen molar-refractivity contribution in [1.29, 1.82) is 0 Å². The molecule has 1 N–H and O–H groups in total. The van der Waals surface area contributed by atoms with Crippen LogP contribution in [-0.4, -0.2) is 27.3 Å². The lowest BCUT2D eigenvalue weighted by molar-refractivity contribution is -0.137. The summed E-state index contributed by atoms with van der Waals surface area (Å²) in [6, 6.07) is 16.6. The molecule has 0 atom stereocenters. The van der Waals surface area contributed by atoms with Gasteiger partial charge < -0.3 is 10.1 Å². The molecular formula is C24H18F4N4O2. The zero-order valence-corrected chi connectivity index (χ0v) is 17.8. The summed E-state index contributed by atoms with van der Waals surface area (Å²) in [5.74, 6) is -0.764. The Labute approximate surface area is 191 Å². The SMILES string of the molecule is CCOc1nc(-c2cccc(F)c2)n(-c2ccc(NC(=O)c3cccc(C(F)(F)F)c3)cc2)n1. The number of carbonyl (C=O) groups is 1. The fraction of sp³-hybridized carbons (Fsp3) is 0.125. The maximum absolute atomic E-state index is 13.8. The summed E-state index contributed by atoms with van der Waals surface area (Å²) in [5.41, 5.74) is 0.375. The van der Waals surface area contributed by atoms with Crippen LogP contribution in [0.25, 0.3) is 17.1 Å². The third-order valence-corrected chi connectivity index (χ3v) is 4.77. The van der Waals surface area contributed by atoms with E-state index >= 15 is 0 Å². The van der Waals surface area contributed by atoms with Crippen molar-refractivity contribution in [1.82, 2.24) is 14.8 Å². The summed E-state index contributed by atoms with van der Waals surface area (Å²) in [6.07, 6.45) is -4.55. The molecule has 0 aliphatic carbocycles. The van der Waals surface area contributed by atoms with Crippen LogP contribution in [0.2, 0.25) is 0 Å². The number of amides is 1. The number of halogens is 4. The highest BCUT2D eigenvalue weighted by molar-refractivity contribution is 6.04. The number of carbonyl (C=O) groups excluding carboxylic acids is 1. The van der Waals surface area contributed by atoms with Crippen molar-refractivity contribution in [2.24, 2.45) is 0 Å². The molecule has 0 radical (unpaired) electrons. The van der Waals surface area contributed by atoms with Crippen molar-refractivity contribution in [2.75, 3.05) is 11.9 Å². The van der Waals surface area contributed by atoms with Crippen molar-refractivity contribution in [2.45, 2.75) is 13.1 Å². The summed E-state index contributed by atoms with van der Waals surface area (Å²) in [7, 11) is 0. The number of hydrogen-bond donors (Lipinski definition) is 1. The van der Waals surface area contributed by atoms with E-state index in [0.29, 0.717) is 29.4 Å². The topological polar surface area (TPSA) is 69.0 Å². The Kier molecular flexibility index (Phi) is 6.31.